The smallest absolute Gasteiger partial charge is 0.0947 e. The summed E-state index contributed by atoms with van der Waals surface area (Å²) in [5.74, 6) is 0.367. The molecule has 0 aliphatic carbocycles. The first kappa shape index (κ1) is 12.4. The molecule has 0 rings (SSSR count). The van der Waals surface area contributed by atoms with E-state index in [1.807, 2.05) is 20.9 Å². The van der Waals surface area contributed by atoms with E-state index in [1.165, 1.54) is 0 Å². The van der Waals surface area contributed by atoms with E-state index in [0.717, 1.165) is 13.1 Å². The average Bonchev–Trinajstić information content (AvgIpc) is 2.03. The van der Waals surface area contributed by atoms with Gasteiger partial charge in [0.05, 0.1) is 11.9 Å². The van der Waals surface area contributed by atoms with E-state index in [1.54, 1.807) is 7.11 Å². The van der Waals surface area contributed by atoms with Gasteiger partial charge in [0.2, 0.25) is 0 Å². The number of nitrogens with one attached hydrogen (secondary N) is 1. The predicted molar refractivity (Wildman–Crippen MR) is 55.0 cm³/mol. The largest absolute Gasteiger partial charge is 0.387 e. The Hall–Kier alpha value is -0.610. The van der Waals surface area contributed by atoms with E-state index in [2.05, 4.69) is 4.90 Å². The highest BCUT2D eigenvalue weighted by Gasteiger charge is 2.10. The van der Waals surface area contributed by atoms with Crippen molar-refractivity contribution in [1.82, 2.24) is 4.90 Å². The van der Waals surface area contributed by atoms with E-state index >= 15 is 0 Å². The average molecular weight is 187 g/mol. The third-order valence-corrected chi connectivity index (χ3v) is 2.09. The first-order valence-corrected chi connectivity index (χ1v) is 4.52. The molecule has 0 aliphatic rings. The highest BCUT2D eigenvalue weighted by Crippen LogP contribution is 1.99. The van der Waals surface area contributed by atoms with Crippen LogP contribution >= 0.6 is 0 Å². The zero-order chi connectivity index (χ0) is 10.4. The van der Waals surface area contributed by atoms with Crippen LogP contribution in [-0.2, 0) is 4.74 Å². The van der Waals surface area contributed by atoms with Crippen molar-refractivity contribution < 1.29 is 4.74 Å². The Morgan fingerprint density at radius 1 is 1.46 bits per heavy atom. The SMILES string of the molecule is COC(C)CN(C)CC(C)C(=N)N. The molecule has 13 heavy (non-hydrogen) atoms. The number of nitrogens with zero attached hydrogens (tertiary/aromatic N) is 1. The fourth-order valence-corrected chi connectivity index (χ4v) is 1.15. The molecule has 0 saturated carbocycles. The van der Waals surface area contributed by atoms with Crippen molar-refractivity contribution in [3.63, 3.8) is 0 Å². The van der Waals surface area contributed by atoms with Crippen molar-refractivity contribution in [2.24, 2.45) is 11.7 Å². The Kier molecular flexibility index (Phi) is 5.66. The Labute approximate surface area is 80.6 Å². The number of rotatable bonds is 6. The zero-order valence-electron chi connectivity index (χ0n) is 9.00. The highest BCUT2D eigenvalue weighted by molar-refractivity contribution is 5.79. The second-order valence-electron chi connectivity index (χ2n) is 3.62. The molecule has 0 fully saturated rings. The molecule has 0 aliphatic heterocycles. The van der Waals surface area contributed by atoms with Gasteiger partial charge in [-0.05, 0) is 14.0 Å². The van der Waals surface area contributed by atoms with Gasteiger partial charge >= 0.3 is 0 Å². The lowest BCUT2D eigenvalue weighted by atomic mass is 10.1. The van der Waals surface area contributed by atoms with Gasteiger partial charge in [-0.1, -0.05) is 6.92 Å². The molecule has 0 aromatic rings. The number of ether oxygens (including phenoxy) is 1. The summed E-state index contributed by atoms with van der Waals surface area (Å²) >= 11 is 0. The van der Waals surface area contributed by atoms with Crippen LogP contribution in [0.25, 0.3) is 0 Å². The standard InChI is InChI=1S/C9H21N3O/c1-7(9(10)11)5-12(3)6-8(2)13-4/h7-8H,5-6H2,1-4H3,(H3,10,11). The molecule has 0 spiro atoms. The third kappa shape index (κ3) is 5.60. The maximum absolute atomic E-state index is 7.24. The van der Waals surface area contributed by atoms with Crippen LogP contribution in [0.5, 0.6) is 0 Å². The lowest BCUT2D eigenvalue weighted by Gasteiger charge is -2.23. The molecule has 3 N–H and O–H groups in total. The molecule has 0 saturated heterocycles. The van der Waals surface area contributed by atoms with Crippen LogP contribution in [0.2, 0.25) is 0 Å². The van der Waals surface area contributed by atoms with E-state index in [-0.39, 0.29) is 17.9 Å². The fraction of sp³-hybridized carbons (Fsp3) is 0.889. The molecular weight excluding hydrogens is 166 g/mol. The van der Waals surface area contributed by atoms with Gasteiger partial charge in [0.15, 0.2) is 0 Å². The maximum Gasteiger partial charge on any atom is 0.0947 e. The summed E-state index contributed by atoms with van der Waals surface area (Å²) in [7, 11) is 3.71. The Bertz CT molecular complexity index is 161. The molecule has 0 amide bonds. The number of methoxy groups -OCH3 is 1. The molecule has 0 bridgehead atoms. The second kappa shape index (κ2) is 5.94. The Balaban J connectivity index is 3.73. The van der Waals surface area contributed by atoms with E-state index < -0.39 is 0 Å². The predicted octanol–water partition coefficient (Wildman–Crippen LogP) is 0.525. The molecule has 0 aromatic carbocycles. The van der Waals surface area contributed by atoms with E-state index in [4.69, 9.17) is 15.9 Å². The van der Waals surface area contributed by atoms with Crippen molar-refractivity contribution in [1.29, 1.82) is 5.41 Å². The van der Waals surface area contributed by atoms with Crippen LogP contribution in [0, 0.1) is 11.3 Å². The van der Waals surface area contributed by atoms with Crippen molar-refractivity contribution >= 4 is 5.84 Å². The zero-order valence-corrected chi connectivity index (χ0v) is 9.00. The van der Waals surface area contributed by atoms with Gasteiger partial charge < -0.3 is 15.4 Å². The van der Waals surface area contributed by atoms with Gasteiger partial charge in [-0.25, -0.2) is 0 Å². The lowest BCUT2D eigenvalue weighted by molar-refractivity contribution is 0.0839. The number of hydrogen-bond acceptors (Lipinski definition) is 3. The third-order valence-electron chi connectivity index (χ3n) is 2.09. The number of hydrogen-bond donors (Lipinski definition) is 2. The topological polar surface area (TPSA) is 62.3 Å². The second-order valence-corrected chi connectivity index (χ2v) is 3.62. The minimum Gasteiger partial charge on any atom is -0.387 e. The van der Waals surface area contributed by atoms with Gasteiger partial charge in [0.1, 0.15) is 0 Å². The van der Waals surface area contributed by atoms with Crippen molar-refractivity contribution in [2.45, 2.75) is 20.0 Å². The molecule has 2 unspecified atom stereocenters. The first-order chi connectivity index (χ1) is 5.97. The van der Waals surface area contributed by atoms with Gasteiger partial charge in [-0.15, -0.1) is 0 Å². The molecule has 0 heterocycles. The van der Waals surface area contributed by atoms with Gasteiger partial charge in [-0.3, -0.25) is 5.41 Å². The molecular formula is C9H21N3O. The minimum absolute atomic E-state index is 0.119. The maximum atomic E-state index is 7.24. The number of nitrogens with two attached hydrogens (primary N) is 1. The van der Waals surface area contributed by atoms with Crippen LogP contribution in [0.3, 0.4) is 0 Å². The highest BCUT2D eigenvalue weighted by atomic mass is 16.5. The van der Waals surface area contributed by atoms with E-state index in [9.17, 15) is 0 Å². The van der Waals surface area contributed by atoms with Crippen molar-refractivity contribution in [2.75, 3.05) is 27.2 Å². The molecule has 4 heteroatoms. The summed E-state index contributed by atoms with van der Waals surface area (Å²) in [4.78, 5) is 2.13. The molecule has 78 valence electrons. The van der Waals surface area contributed by atoms with Crippen LogP contribution in [0.1, 0.15) is 13.8 Å². The normalized spacial score (nSPS) is 15.8. The first-order valence-electron chi connectivity index (χ1n) is 4.52. The number of amidine groups is 1. The summed E-state index contributed by atoms with van der Waals surface area (Å²) < 4.78 is 5.14. The lowest BCUT2D eigenvalue weighted by Crippen LogP contribution is -2.36. The fourth-order valence-electron chi connectivity index (χ4n) is 1.15. The number of likely N-dealkylation sites (N-methyl/N-ethyl adjacent to an activating group) is 1. The van der Waals surface area contributed by atoms with Gasteiger partial charge in [0, 0.05) is 26.1 Å². The quantitative estimate of drug-likeness (QED) is 0.471. The van der Waals surface area contributed by atoms with Gasteiger partial charge in [0.25, 0.3) is 0 Å². The van der Waals surface area contributed by atoms with Crippen LogP contribution in [-0.4, -0.2) is 44.1 Å². The monoisotopic (exact) mass is 187 g/mol. The summed E-state index contributed by atoms with van der Waals surface area (Å²) in [6.45, 7) is 5.66. The molecule has 0 aromatic heterocycles. The summed E-state index contributed by atoms with van der Waals surface area (Å²) in [5, 5.41) is 7.24. The Morgan fingerprint density at radius 2 is 2.00 bits per heavy atom. The van der Waals surface area contributed by atoms with Crippen LogP contribution in [0.15, 0.2) is 0 Å². The van der Waals surface area contributed by atoms with Crippen LogP contribution in [0.4, 0.5) is 0 Å². The van der Waals surface area contributed by atoms with E-state index in [0.29, 0.717) is 0 Å². The summed E-state index contributed by atoms with van der Waals surface area (Å²) in [5.41, 5.74) is 5.37. The van der Waals surface area contributed by atoms with Gasteiger partial charge in [-0.2, -0.15) is 0 Å². The minimum atomic E-state index is 0.119. The van der Waals surface area contributed by atoms with Crippen molar-refractivity contribution in [3.8, 4) is 0 Å². The molecule has 4 nitrogen and oxygen atoms in total. The van der Waals surface area contributed by atoms with Crippen LogP contribution < -0.4 is 5.73 Å². The molecule has 2 atom stereocenters. The Morgan fingerprint density at radius 3 is 2.38 bits per heavy atom. The molecule has 0 radical (unpaired) electrons. The van der Waals surface area contributed by atoms with Crippen molar-refractivity contribution in [3.05, 3.63) is 0 Å². The summed E-state index contributed by atoms with van der Waals surface area (Å²) in [6, 6.07) is 0. The summed E-state index contributed by atoms with van der Waals surface area (Å²) in [6.07, 6.45) is 0.226.